The molecular weight excluding hydrogens is 1040 g/mol. The Morgan fingerprint density at radius 1 is 0.430 bits per heavy atom. The van der Waals surface area contributed by atoms with Crippen molar-refractivity contribution in [1.82, 2.24) is 0 Å². The molecule has 0 radical (unpaired) electrons. The van der Waals surface area contributed by atoms with Gasteiger partial charge in [0.15, 0.2) is 0 Å². The van der Waals surface area contributed by atoms with E-state index in [4.69, 9.17) is 0 Å². The summed E-state index contributed by atoms with van der Waals surface area (Å²) in [4.78, 5) is 8.24. The standard InChI is InChI=1S/C82H88BN3/c1-52-42-73-76-74(43-52)86(69-39-34-60(79(8,9)10)47-64(69)54-26-20-17-21-27-54)72-49-62(84-70-40-35-61(80(11,12)13)48-65(70)82(41-23-22-28-75(82)84)58-31-29-57(30-32-58)77(2,3)4)36-37-66(72)83(76)67-44-55-50-81(14,15)51-56(55)45-71(67)85(73)68-38-33-59(78(5,6)7)46-63(68)53-24-18-16-19-25-53/h16-21,24-27,29-40,42-49,75H,22-23,28,41,50-51H2,1-15H3. The van der Waals surface area contributed by atoms with Crippen molar-refractivity contribution in [2.24, 2.45) is 5.41 Å². The second-order valence-corrected chi connectivity index (χ2v) is 31.4. The first kappa shape index (κ1) is 56.3. The van der Waals surface area contributed by atoms with Crippen LogP contribution in [0.5, 0.6) is 0 Å². The van der Waals surface area contributed by atoms with Crippen LogP contribution in [-0.2, 0) is 39.9 Å². The summed E-state index contributed by atoms with van der Waals surface area (Å²) in [5.74, 6) is 0. The quantitative estimate of drug-likeness (QED) is 0.154. The predicted molar refractivity (Wildman–Crippen MR) is 370 cm³/mol. The summed E-state index contributed by atoms with van der Waals surface area (Å²) in [6.45, 7) is 35.5. The zero-order valence-corrected chi connectivity index (χ0v) is 54.1. The third kappa shape index (κ3) is 9.12. The Kier molecular flexibility index (Phi) is 12.9. The minimum atomic E-state index is -0.174. The maximum Gasteiger partial charge on any atom is 0.252 e. The second-order valence-electron chi connectivity index (χ2n) is 31.4. The number of benzene rings is 9. The van der Waals surface area contributed by atoms with Crippen LogP contribution in [0.25, 0.3) is 22.3 Å². The van der Waals surface area contributed by atoms with E-state index in [0.717, 1.165) is 25.7 Å². The number of rotatable bonds is 6. The Hall–Kier alpha value is -7.56. The molecule has 3 aliphatic heterocycles. The summed E-state index contributed by atoms with van der Waals surface area (Å²) < 4.78 is 0. The molecule has 2 atom stereocenters. The first-order valence-corrected chi connectivity index (χ1v) is 32.3. The summed E-state index contributed by atoms with van der Waals surface area (Å²) in [6, 6.07) is 72.9. The van der Waals surface area contributed by atoms with Crippen molar-refractivity contribution in [2.45, 2.75) is 175 Å². The van der Waals surface area contributed by atoms with Crippen molar-refractivity contribution >= 4 is 68.6 Å². The van der Waals surface area contributed by atoms with Crippen molar-refractivity contribution in [1.29, 1.82) is 0 Å². The monoisotopic (exact) mass is 1130 g/mol. The molecule has 4 heteroatoms. The zero-order chi connectivity index (χ0) is 60.2. The third-order valence-corrected chi connectivity index (χ3v) is 20.6. The molecule has 0 bridgehead atoms. The molecule has 9 aromatic rings. The normalized spacial score (nSPS) is 18.5. The van der Waals surface area contributed by atoms with Gasteiger partial charge in [0.1, 0.15) is 0 Å². The smallest absolute Gasteiger partial charge is 0.252 e. The van der Waals surface area contributed by atoms with Crippen molar-refractivity contribution in [2.75, 3.05) is 14.7 Å². The molecule has 5 aliphatic rings. The van der Waals surface area contributed by atoms with Gasteiger partial charge in [-0.3, -0.25) is 0 Å². The predicted octanol–water partition coefficient (Wildman–Crippen LogP) is 20.1. The lowest BCUT2D eigenvalue weighted by molar-refractivity contribution is 0.313. The Balaban J connectivity index is 1.06. The third-order valence-electron chi connectivity index (χ3n) is 20.6. The molecule has 0 saturated heterocycles. The highest BCUT2D eigenvalue weighted by atomic mass is 15.2. The van der Waals surface area contributed by atoms with Crippen LogP contribution in [0, 0.1) is 12.3 Å². The lowest BCUT2D eigenvalue weighted by Gasteiger charge is -2.46. The lowest BCUT2D eigenvalue weighted by atomic mass is 9.33. The van der Waals surface area contributed by atoms with Crippen molar-refractivity contribution in [3.8, 4) is 22.3 Å². The molecule has 0 aromatic heterocycles. The van der Waals surface area contributed by atoms with Crippen LogP contribution in [0.1, 0.15) is 173 Å². The lowest BCUT2D eigenvalue weighted by Crippen LogP contribution is -2.61. The van der Waals surface area contributed by atoms with Gasteiger partial charge in [-0.2, -0.15) is 0 Å². The topological polar surface area (TPSA) is 9.72 Å². The number of hydrogen-bond donors (Lipinski definition) is 0. The largest absolute Gasteiger partial charge is 0.337 e. The van der Waals surface area contributed by atoms with E-state index in [9.17, 15) is 0 Å². The van der Waals surface area contributed by atoms with Crippen LogP contribution in [-0.4, -0.2) is 12.8 Å². The van der Waals surface area contributed by atoms with E-state index in [1.807, 2.05) is 0 Å². The first-order valence-electron chi connectivity index (χ1n) is 32.3. The molecule has 3 nitrogen and oxygen atoms in total. The van der Waals surface area contributed by atoms with Gasteiger partial charge < -0.3 is 14.7 Å². The molecule has 2 unspecified atom stereocenters. The fourth-order valence-electron chi connectivity index (χ4n) is 16.1. The highest BCUT2D eigenvalue weighted by molar-refractivity contribution is 7.00. The average molecular weight is 1130 g/mol. The van der Waals surface area contributed by atoms with E-state index < -0.39 is 0 Å². The molecule has 9 aromatic carbocycles. The summed E-state index contributed by atoms with van der Waals surface area (Å²) >= 11 is 0. The van der Waals surface area contributed by atoms with Gasteiger partial charge in [-0.25, -0.2) is 0 Å². The van der Waals surface area contributed by atoms with Gasteiger partial charge in [0.25, 0.3) is 6.71 Å². The van der Waals surface area contributed by atoms with Gasteiger partial charge in [0.2, 0.25) is 0 Å². The Labute approximate surface area is 515 Å². The van der Waals surface area contributed by atoms with Crippen LogP contribution in [0.15, 0.2) is 182 Å². The van der Waals surface area contributed by atoms with E-state index in [1.165, 1.54) is 147 Å². The summed E-state index contributed by atoms with van der Waals surface area (Å²) in [5, 5.41) is 0. The Morgan fingerprint density at radius 2 is 0.919 bits per heavy atom. The molecule has 2 aliphatic carbocycles. The van der Waals surface area contributed by atoms with Crippen LogP contribution in [0.3, 0.4) is 0 Å². The summed E-state index contributed by atoms with van der Waals surface area (Å²) in [6.07, 6.45) is 6.79. The molecular formula is C82H88BN3. The van der Waals surface area contributed by atoms with Gasteiger partial charge in [0.05, 0.1) is 11.4 Å². The molecule has 0 spiro atoms. The van der Waals surface area contributed by atoms with Gasteiger partial charge >= 0.3 is 0 Å². The van der Waals surface area contributed by atoms with Crippen molar-refractivity contribution < 1.29 is 0 Å². The van der Waals surface area contributed by atoms with E-state index in [-0.39, 0.29) is 45.2 Å². The fraction of sp³-hybridized carbons (Fsp3) is 0.341. The number of hydrogen-bond acceptors (Lipinski definition) is 3. The van der Waals surface area contributed by atoms with Crippen molar-refractivity contribution in [3.05, 3.63) is 232 Å². The van der Waals surface area contributed by atoms with Crippen LogP contribution < -0.4 is 31.1 Å². The van der Waals surface area contributed by atoms with Gasteiger partial charge in [-0.05, 0) is 198 Å². The number of anilines is 8. The molecule has 0 amide bonds. The average Bonchev–Trinajstić information content (AvgIpc) is 1.11. The Bertz CT molecular complexity index is 4160. The molecule has 3 heterocycles. The highest BCUT2D eigenvalue weighted by Crippen LogP contribution is 2.60. The Morgan fingerprint density at radius 3 is 1.45 bits per heavy atom. The van der Waals surface area contributed by atoms with Crippen LogP contribution >= 0.6 is 0 Å². The number of fused-ring (bicyclic) bond motifs is 8. The zero-order valence-electron chi connectivity index (χ0n) is 54.1. The summed E-state index contributed by atoms with van der Waals surface area (Å²) in [5.41, 5.74) is 31.7. The van der Waals surface area contributed by atoms with E-state index in [2.05, 4.69) is 301 Å². The second kappa shape index (κ2) is 19.7. The van der Waals surface area contributed by atoms with Crippen LogP contribution in [0.4, 0.5) is 45.5 Å². The summed E-state index contributed by atoms with van der Waals surface area (Å²) in [7, 11) is 0. The molecule has 86 heavy (non-hydrogen) atoms. The first-order chi connectivity index (χ1) is 40.8. The minimum absolute atomic E-state index is 0.000320. The highest BCUT2D eigenvalue weighted by Gasteiger charge is 2.54. The molecule has 434 valence electrons. The maximum absolute atomic E-state index is 2.83. The van der Waals surface area contributed by atoms with Crippen molar-refractivity contribution in [3.63, 3.8) is 0 Å². The number of aryl methyl sites for hydroxylation is 1. The van der Waals surface area contributed by atoms with E-state index in [1.54, 1.807) is 0 Å². The van der Waals surface area contributed by atoms with Gasteiger partial charge in [0, 0.05) is 56.7 Å². The van der Waals surface area contributed by atoms with Gasteiger partial charge in [-0.1, -0.05) is 231 Å². The van der Waals surface area contributed by atoms with E-state index >= 15 is 0 Å². The van der Waals surface area contributed by atoms with Gasteiger partial charge in [-0.15, -0.1) is 0 Å². The van der Waals surface area contributed by atoms with Crippen LogP contribution in [0.2, 0.25) is 0 Å². The molecule has 0 N–H and O–H groups in total. The molecule has 1 saturated carbocycles. The fourth-order valence-corrected chi connectivity index (χ4v) is 16.1. The SMILES string of the molecule is Cc1cc2c3c(c1)N(c1ccc(C(C)(C)C)cc1-c1ccccc1)c1cc4c(cc1B3c1ccc(N3c5ccc(C(C)(C)C)cc5C5(c6ccc(C(C)(C)C)cc6)CCCCC35)cc1N2c1ccc(C(C)(C)C)cc1-c1ccccc1)CC(C)(C)C4. The molecule has 1 fully saturated rings. The van der Waals surface area contributed by atoms with E-state index in [0.29, 0.717) is 0 Å². The minimum Gasteiger partial charge on any atom is -0.337 e. The maximum atomic E-state index is 2.83. The molecule has 14 rings (SSSR count). The number of nitrogens with zero attached hydrogens (tertiary/aromatic N) is 3.